The van der Waals surface area contributed by atoms with Crippen molar-refractivity contribution in [2.45, 2.75) is 23.7 Å². The Balaban J connectivity index is 1.51. The molecule has 1 amide bonds. The second-order valence-corrected chi connectivity index (χ2v) is 10.6. The highest BCUT2D eigenvalue weighted by Gasteiger charge is 2.34. The molecule has 0 bridgehead atoms. The lowest BCUT2D eigenvalue weighted by Crippen LogP contribution is -2.39. The van der Waals surface area contributed by atoms with Gasteiger partial charge in [0.15, 0.2) is 0 Å². The molecule has 32 heavy (non-hydrogen) atoms. The maximum Gasteiger partial charge on any atom is 0.286 e. The number of halogens is 1. The minimum absolute atomic E-state index is 0.0355. The van der Waals surface area contributed by atoms with E-state index in [1.807, 2.05) is 18.2 Å². The Morgan fingerprint density at radius 3 is 2.75 bits per heavy atom. The molecule has 1 saturated heterocycles. The van der Waals surface area contributed by atoms with Gasteiger partial charge in [0, 0.05) is 29.7 Å². The molecule has 2 heterocycles. The average Bonchev–Trinajstić information content (AvgIpc) is 3.30. The number of aromatic nitrogens is 2. The Kier molecular flexibility index (Phi) is 6.75. The highest BCUT2D eigenvalue weighted by Crippen LogP contribution is 2.35. The molecule has 0 saturated carbocycles. The van der Waals surface area contributed by atoms with Crippen molar-refractivity contribution < 1.29 is 17.9 Å². The molecule has 0 unspecified atom stereocenters. The number of anilines is 1. The third-order valence-electron chi connectivity index (χ3n) is 5.14. The molecule has 2 aromatic carbocycles. The molecule has 0 aliphatic carbocycles. The molecule has 8 nitrogen and oxygen atoms in total. The van der Waals surface area contributed by atoms with Gasteiger partial charge in [-0.05, 0) is 43.2 Å². The minimum Gasteiger partial charge on any atom is -0.495 e. The fourth-order valence-corrected chi connectivity index (χ4v) is 6.36. The first-order valence-electron chi connectivity index (χ1n) is 9.92. The van der Waals surface area contributed by atoms with Gasteiger partial charge < -0.3 is 10.1 Å². The van der Waals surface area contributed by atoms with Crippen LogP contribution in [0, 0.1) is 0 Å². The molecule has 1 aliphatic heterocycles. The molecule has 0 spiro atoms. The SMILES string of the molecule is COc1ccc(Cl)cc1S(=O)(=O)N1CCC[C@H](c2nnc(C(=O)Nc3ccccc3)s2)C1. The van der Waals surface area contributed by atoms with Crippen LogP contribution in [0.1, 0.15) is 33.6 Å². The molecule has 1 fully saturated rings. The minimum atomic E-state index is -3.82. The third kappa shape index (κ3) is 4.78. The number of hydrogen-bond acceptors (Lipinski definition) is 7. The van der Waals surface area contributed by atoms with Crippen molar-refractivity contribution in [1.82, 2.24) is 14.5 Å². The highest BCUT2D eigenvalue weighted by molar-refractivity contribution is 7.89. The van der Waals surface area contributed by atoms with Crippen LogP contribution in [0.3, 0.4) is 0 Å². The number of methoxy groups -OCH3 is 1. The van der Waals surface area contributed by atoms with Gasteiger partial charge in [0.25, 0.3) is 5.91 Å². The number of amides is 1. The molecule has 11 heteroatoms. The molecule has 3 aromatic rings. The number of carbonyl (C=O) groups is 1. The summed E-state index contributed by atoms with van der Waals surface area (Å²) in [5, 5.41) is 12.2. The van der Waals surface area contributed by atoms with Crippen LogP contribution in [0.4, 0.5) is 5.69 Å². The van der Waals surface area contributed by atoms with E-state index in [0.29, 0.717) is 28.7 Å². The van der Waals surface area contributed by atoms with Gasteiger partial charge in [-0.25, -0.2) is 8.42 Å². The lowest BCUT2D eigenvalue weighted by atomic mass is 10.0. The number of carbonyl (C=O) groups excluding carboxylic acids is 1. The second kappa shape index (κ2) is 9.53. The molecule has 1 atom stereocenters. The molecule has 1 aliphatic rings. The predicted molar refractivity (Wildman–Crippen MR) is 123 cm³/mol. The van der Waals surface area contributed by atoms with E-state index in [-0.39, 0.29) is 34.0 Å². The van der Waals surface area contributed by atoms with Crippen molar-refractivity contribution in [3.8, 4) is 5.75 Å². The third-order valence-corrected chi connectivity index (χ3v) is 8.35. The number of benzene rings is 2. The first-order valence-corrected chi connectivity index (χ1v) is 12.6. The Hall–Kier alpha value is -2.53. The van der Waals surface area contributed by atoms with Gasteiger partial charge in [0.1, 0.15) is 15.7 Å². The number of rotatable bonds is 6. The molecule has 4 rings (SSSR count). The van der Waals surface area contributed by atoms with Crippen molar-refractivity contribution in [1.29, 1.82) is 0 Å². The summed E-state index contributed by atoms with van der Waals surface area (Å²) in [6, 6.07) is 13.6. The number of nitrogens with one attached hydrogen (secondary N) is 1. The lowest BCUT2D eigenvalue weighted by Gasteiger charge is -2.31. The smallest absolute Gasteiger partial charge is 0.286 e. The number of para-hydroxylation sites is 1. The number of ether oxygens (including phenoxy) is 1. The topological polar surface area (TPSA) is 101 Å². The highest BCUT2D eigenvalue weighted by atomic mass is 35.5. The largest absolute Gasteiger partial charge is 0.495 e. The van der Waals surface area contributed by atoms with Gasteiger partial charge in [0.2, 0.25) is 15.0 Å². The zero-order chi connectivity index (χ0) is 22.7. The first-order chi connectivity index (χ1) is 15.4. The van der Waals surface area contributed by atoms with E-state index >= 15 is 0 Å². The lowest BCUT2D eigenvalue weighted by molar-refractivity contribution is 0.102. The summed E-state index contributed by atoms with van der Waals surface area (Å²) in [5.41, 5.74) is 0.666. The van der Waals surface area contributed by atoms with E-state index < -0.39 is 10.0 Å². The zero-order valence-electron chi connectivity index (χ0n) is 17.2. The fourth-order valence-electron chi connectivity index (χ4n) is 3.55. The summed E-state index contributed by atoms with van der Waals surface area (Å²) in [7, 11) is -2.40. The van der Waals surface area contributed by atoms with E-state index in [4.69, 9.17) is 16.3 Å². The monoisotopic (exact) mass is 492 g/mol. The van der Waals surface area contributed by atoms with Crippen LogP contribution in [0.25, 0.3) is 0 Å². The van der Waals surface area contributed by atoms with E-state index in [2.05, 4.69) is 15.5 Å². The Labute approximate surface area is 195 Å². The van der Waals surface area contributed by atoms with Crippen LogP contribution in [-0.2, 0) is 10.0 Å². The Morgan fingerprint density at radius 1 is 1.22 bits per heavy atom. The van der Waals surface area contributed by atoms with E-state index in [1.165, 1.54) is 28.8 Å². The Bertz CT molecular complexity index is 1220. The van der Waals surface area contributed by atoms with Crippen molar-refractivity contribution in [3.05, 3.63) is 63.6 Å². The van der Waals surface area contributed by atoms with Crippen LogP contribution in [-0.4, -0.2) is 49.0 Å². The number of sulfonamides is 1. The summed E-state index contributed by atoms with van der Waals surface area (Å²) >= 11 is 7.22. The summed E-state index contributed by atoms with van der Waals surface area (Å²) in [5.74, 6) is -0.254. The summed E-state index contributed by atoms with van der Waals surface area (Å²) in [6.45, 7) is 0.627. The molecule has 168 valence electrons. The molecular weight excluding hydrogens is 472 g/mol. The summed E-state index contributed by atoms with van der Waals surface area (Å²) < 4.78 is 33.3. The maximum atomic E-state index is 13.3. The number of hydrogen-bond donors (Lipinski definition) is 1. The molecular formula is C21H21ClN4O4S2. The number of piperidine rings is 1. The van der Waals surface area contributed by atoms with Gasteiger partial charge in [0.05, 0.1) is 7.11 Å². The van der Waals surface area contributed by atoms with Crippen molar-refractivity contribution >= 4 is 44.6 Å². The van der Waals surface area contributed by atoms with E-state index in [1.54, 1.807) is 24.3 Å². The van der Waals surface area contributed by atoms with Crippen LogP contribution in [0.5, 0.6) is 5.75 Å². The Morgan fingerprint density at radius 2 is 2.00 bits per heavy atom. The molecule has 1 N–H and O–H groups in total. The van der Waals surface area contributed by atoms with Gasteiger partial charge in [-0.15, -0.1) is 10.2 Å². The van der Waals surface area contributed by atoms with Crippen LogP contribution < -0.4 is 10.1 Å². The quantitative estimate of drug-likeness (QED) is 0.557. The van der Waals surface area contributed by atoms with Crippen molar-refractivity contribution in [2.75, 3.05) is 25.5 Å². The second-order valence-electron chi connectivity index (χ2n) is 7.26. The molecule has 0 radical (unpaired) electrons. The van der Waals surface area contributed by atoms with Gasteiger partial charge in [-0.1, -0.05) is 41.1 Å². The normalized spacial score (nSPS) is 17.1. The van der Waals surface area contributed by atoms with Gasteiger partial charge in [-0.3, -0.25) is 4.79 Å². The van der Waals surface area contributed by atoms with E-state index in [9.17, 15) is 13.2 Å². The maximum absolute atomic E-state index is 13.3. The van der Waals surface area contributed by atoms with Crippen molar-refractivity contribution in [2.24, 2.45) is 0 Å². The van der Waals surface area contributed by atoms with Gasteiger partial charge >= 0.3 is 0 Å². The van der Waals surface area contributed by atoms with Gasteiger partial charge in [-0.2, -0.15) is 4.31 Å². The molecule has 1 aromatic heterocycles. The summed E-state index contributed by atoms with van der Waals surface area (Å²) in [4.78, 5) is 12.5. The predicted octanol–water partition coefficient (Wildman–Crippen LogP) is 4.02. The van der Waals surface area contributed by atoms with Crippen LogP contribution >= 0.6 is 22.9 Å². The fraction of sp³-hybridized carbons (Fsp3) is 0.286. The average molecular weight is 493 g/mol. The zero-order valence-corrected chi connectivity index (χ0v) is 19.6. The van der Waals surface area contributed by atoms with Crippen LogP contribution in [0.2, 0.25) is 5.02 Å². The summed E-state index contributed by atoms with van der Waals surface area (Å²) in [6.07, 6.45) is 1.42. The standard InChI is InChI=1S/C21H21ClN4O4S2/c1-30-17-10-9-15(22)12-18(17)32(28,29)26-11-5-6-14(13-26)20-24-25-21(31-20)19(27)23-16-7-3-2-4-8-16/h2-4,7-10,12,14H,5-6,11,13H2,1H3,(H,23,27)/t14-/m0/s1. The first kappa shape index (κ1) is 22.7. The van der Waals surface area contributed by atoms with Crippen molar-refractivity contribution in [3.63, 3.8) is 0 Å². The number of nitrogens with zero attached hydrogens (tertiary/aromatic N) is 3. The van der Waals surface area contributed by atoms with Crippen LogP contribution in [0.15, 0.2) is 53.4 Å². The van der Waals surface area contributed by atoms with E-state index in [0.717, 1.165) is 6.42 Å².